The van der Waals surface area contributed by atoms with Crippen molar-refractivity contribution in [3.8, 4) is 57.8 Å². The van der Waals surface area contributed by atoms with Crippen molar-refractivity contribution in [3.63, 3.8) is 0 Å². The predicted octanol–water partition coefficient (Wildman–Crippen LogP) is 16.5. The van der Waals surface area contributed by atoms with Gasteiger partial charge in [-0.3, -0.25) is 15.0 Å². The van der Waals surface area contributed by atoms with Crippen molar-refractivity contribution in [2.45, 2.75) is 5.41 Å². The van der Waals surface area contributed by atoms with Gasteiger partial charge in [0.25, 0.3) is 0 Å². The van der Waals surface area contributed by atoms with Gasteiger partial charge < -0.3 is 23.0 Å². The summed E-state index contributed by atoms with van der Waals surface area (Å²) in [4.78, 5) is 15.7. The Kier molecular flexibility index (Phi) is 8.80. The standard InChI is InChI=1S/C72H39N9O/c73-37-42-21-27-65-54(31-42)51-14-4-9-19-63(51)78(65)44-23-25-56-68(35-44)82-69-36-45(79-60-16-6-3-13-50(60)53-29-30-75-41-67(53)79)24-26-57(69)72(56)58-33-46(80-61-17-7-1-11-48(61)49-12-2-8-18-62(49)80)39-76-70(58)71-59(72)34-47(40-77-71)81-64-20-10-5-15-52(64)55-32-43(38-74)22-28-66(55)81/h1-36,39-41H. The van der Waals surface area contributed by atoms with Crippen LogP contribution in [0.5, 0.6) is 11.5 Å². The van der Waals surface area contributed by atoms with E-state index in [-0.39, 0.29) is 0 Å². The van der Waals surface area contributed by atoms with Crippen LogP contribution in [0.4, 0.5) is 0 Å². The molecule has 10 nitrogen and oxygen atoms in total. The van der Waals surface area contributed by atoms with E-state index in [1.807, 2.05) is 61.2 Å². The van der Waals surface area contributed by atoms with Crippen molar-refractivity contribution < 1.29 is 4.74 Å². The number of rotatable bonds is 4. The summed E-state index contributed by atoms with van der Waals surface area (Å²) < 4.78 is 16.7. The van der Waals surface area contributed by atoms with Gasteiger partial charge in [0.1, 0.15) is 11.5 Å². The average molecular weight is 1050 g/mol. The van der Waals surface area contributed by atoms with Gasteiger partial charge in [-0.05, 0) is 97.1 Å². The zero-order chi connectivity index (χ0) is 53.9. The van der Waals surface area contributed by atoms with Crippen LogP contribution < -0.4 is 4.74 Å². The summed E-state index contributed by atoms with van der Waals surface area (Å²) in [5.74, 6) is 1.36. The first-order chi connectivity index (χ1) is 40.6. The van der Waals surface area contributed by atoms with Crippen LogP contribution in [0.1, 0.15) is 33.4 Å². The van der Waals surface area contributed by atoms with Crippen molar-refractivity contribution in [1.29, 1.82) is 10.5 Å². The summed E-state index contributed by atoms with van der Waals surface area (Å²) >= 11 is 0. The van der Waals surface area contributed by atoms with E-state index in [0.29, 0.717) is 22.6 Å². The van der Waals surface area contributed by atoms with Gasteiger partial charge in [0.15, 0.2) is 0 Å². The van der Waals surface area contributed by atoms with Crippen molar-refractivity contribution in [1.82, 2.24) is 33.2 Å². The third-order valence-electron chi connectivity index (χ3n) is 17.4. The minimum atomic E-state index is -1.06. The van der Waals surface area contributed by atoms with Crippen LogP contribution in [0, 0.1) is 22.7 Å². The Bertz CT molecular complexity index is 5520. The van der Waals surface area contributed by atoms with Gasteiger partial charge >= 0.3 is 0 Å². The molecule has 0 N–H and O–H groups in total. The molecule has 378 valence electrons. The zero-order valence-corrected chi connectivity index (χ0v) is 43.4. The molecule has 0 radical (unpaired) electrons. The molecule has 16 aromatic rings. The third kappa shape index (κ3) is 5.76. The number of ether oxygens (including phenoxy) is 1. The maximum atomic E-state index is 10.1. The van der Waals surface area contributed by atoms with E-state index in [2.05, 4.69) is 211 Å². The molecule has 0 fully saturated rings. The van der Waals surface area contributed by atoms with Crippen molar-refractivity contribution in [2.24, 2.45) is 0 Å². The number of fused-ring (bicyclic) bond motifs is 21. The first kappa shape index (κ1) is 44.4. The summed E-state index contributed by atoms with van der Waals surface area (Å²) in [6.45, 7) is 0. The molecule has 0 bridgehead atoms. The Morgan fingerprint density at radius 1 is 0.329 bits per heavy atom. The monoisotopic (exact) mass is 1050 g/mol. The first-order valence-corrected chi connectivity index (χ1v) is 27.3. The van der Waals surface area contributed by atoms with Gasteiger partial charge in [0, 0.05) is 95.0 Å². The molecule has 9 aromatic carbocycles. The Morgan fingerprint density at radius 3 is 1.15 bits per heavy atom. The quantitative estimate of drug-likeness (QED) is 0.173. The summed E-state index contributed by atoms with van der Waals surface area (Å²) in [6.07, 6.45) is 7.77. The molecule has 8 heterocycles. The molecule has 1 aliphatic carbocycles. The number of hydrogen-bond acceptors (Lipinski definition) is 6. The molecule has 0 saturated carbocycles. The smallest absolute Gasteiger partial charge is 0.134 e. The SMILES string of the molecule is N#Cc1ccc2c(c1)c1ccccc1n2-c1ccc2c(c1)Oc1cc(-n3c4ccccc4c4ccncc43)ccc1C21c2cc(-n3c4ccccc4c4ccccc43)cnc2-c2ncc(-n3c4ccccc4c4cc(C#N)ccc43)cc21. The first-order valence-electron chi connectivity index (χ1n) is 27.3. The molecule has 0 saturated heterocycles. The lowest BCUT2D eigenvalue weighted by atomic mass is 9.66. The van der Waals surface area contributed by atoms with E-state index in [1.165, 1.54) is 0 Å². The van der Waals surface area contributed by atoms with Gasteiger partial charge in [-0.1, -0.05) is 103 Å². The molecule has 7 aromatic heterocycles. The van der Waals surface area contributed by atoms with Crippen LogP contribution in [0.25, 0.3) is 121 Å². The molecular weight excluding hydrogens is 1010 g/mol. The molecule has 1 unspecified atom stereocenters. The van der Waals surface area contributed by atoms with Crippen molar-refractivity contribution >= 4 is 87.2 Å². The number of nitrogens with zero attached hydrogens (tertiary/aromatic N) is 9. The molecule has 0 amide bonds. The van der Waals surface area contributed by atoms with E-state index in [1.54, 1.807) is 0 Å². The Hall–Kier alpha value is -11.6. The maximum absolute atomic E-state index is 10.1. The number of aromatic nitrogens is 7. The molecular formula is C72H39N9O. The third-order valence-corrected chi connectivity index (χ3v) is 17.4. The zero-order valence-electron chi connectivity index (χ0n) is 43.4. The highest BCUT2D eigenvalue weighted by atomic mass is 16.5. The highest BCUT2D eigenvalue weighted by Crippen LogP contribution is 2.63. The normalized spacial score (nSPS) is 14.2. The molecule has 10 heteroatoms. The fourth-order valence-corrected chi connectivity index (χ4v) is 14.1. The van der Waals surface area contributed by atoms with Crippen LogP contribution in [-0.4, -0.2) is 33.2 Å². The number of para-hydroxylation sites is 5. The maximum Gasteiger partial charge on any atom is 0.134 e. The van der Waals surface area contributed by atoms with Crippen LogP contribution in [0.2, 0.25) is 0 Å². The lowest BCUT2D eigenvalue weighted by Crippen LogP contribution is -2.32. The molecule has 2 aliphatic rings. The van der Waals surface area contributed by atoms with E-state index in [4.69, 9.17) is 14.7 Å². The minimum Gasteiger partial charge on any atom is -0.457 e. The highest BCUT2D eigenvalue weighted by Gasteiger charge is 2.53. The molecule has 1 atom stereocenters. The average Bonchev–Trinajstić information content (AvgIpc) is 1.60. The predicted molar refractivity (Wildman–Crippen MR) is 324 cm³/mol. The second kappa shape index (κ2) is 16.2. The second-order valence-corrected chi connectivity index (χ2v) is 21.4. The van der Waals surface area contributed by atoms with Gasteiger partial charge in [-0.25, -0.2) is 0 Å². The van der Waals surface area contributed by atoms with Crippen LogP contribution in [0.15, 0.2) is 237 Å². The van der Waals surface area contributed by atoms with Crippen LogP contribution in [0.3, 0.4) is 0 Å². The van der Waals surface area contributed by atoms with E-state index < -0.39 is 5.41 Å². The molecule has 1 aliphatic heterocycles. The number of nitriles is 2. The topological polar surface area (TPSA) is 115 Å². The summed E-state index contributed by atoms with van der Waals surface area (Å²) in [5.41, 5.74) is 17.3. The second-order valence-electron chi connectivity index (χ2n) is 21.4. The summed E-state index contributed by atoms with van der Waals surface area (Å²) in [5, 5.41) is 28.8. The molecule has 18 rings (SSSR count). The largest absolute Gasteiger partial charge is 0.457 e. The van der Waals surface area contributed by atoms with Gasteiger partial charge in [-0.15, -0.1) is 0 Å². The summed E-state index contributed by atoms with van der Waals surface area (Å²) in [7, 11) is 0. The van der Waals surface area contributed by atoms with Crippen molar-refractivity contribution in [3.05, 3.63) is 270 Å². The fraction of sp³-hybridized carbons (Fsp3) is 0.0139. The lowest BCUT2D eigenvalue weighted by Gasteiger charge is -2.39. The van der Waals surface area contributed by atoms with Gasteiger partial charge in [0.05, 0.1) is 114 Å². The van der Waals surface area contributed by atoms with Gasteiger partial charge in [-0.2, -0.15) is 10.5 Å². The van der Waals surface area contributed by atoms with E-state index in [9.17, 15) is 10.5 Å². The minimum absolute atomic E-state index is 0.598. The Morgan fingerprint density at radius 2 is 0.707 bits per heavy atom. The number of benzene rings is 9. The highest BCUT2D eigenvalue weighted by molar-refractivity contribution is 6.13. The fourth-order valence-electron chi connectivity index (χ4n) is 14.1. The number of pyridine rings is 3. The molecule has 1 spiro atoms. The van der Waals surface area contributed by atoms with Crippen molar-refractivity contribution in [2.75, 3.05) is 0 Å². The van der Waals surface area contributed by atoms with Gasteiger partial charge in [0.2, 0.25) is 0 Å². The molecule has 82 heavy (non-hydrogen) atoms. The lowest BCUT2D eigenvalue weighted by molar-refractivity contribution is 0.436. The van der Waals surface area contributed by atoms with Crippen LogP contribution in [-0.2, 0) is 5.41 Å². The summed E-state index contributed by atoms with van der Waals surface area (Å²) in [6, 6.07) is 79.1. The van der Waals surface area contributed by atoms with E-state index in [0.717, 1.165) is 144 Å². The Labute approximate surface area is 467 Å². The number of hydrogen-bond donors (Lipinski definition) is 0. The van der Waals surface area contributed by atoms with E-state index >= 15 is 0 Å². The van der Waals surface area contributed by atoms with Crippen LogP contribution >= 0.6 is 0 Å². The Balaban J connectivity index is 0.968.